The van der Waals surface area contributed by atoms with Gasteiger partial charge in [0, 0.05) is 43.1 Å². The lowest BCUT2D eigenvalue weighted by molar-refractivity contribution is -0.336. The quantitative estimate of drug-likeness (QED) is 0.162. The maximum Gasteiger partial charge on any atom is 0.331 e. The van der Waals surface area contributed by atoms with Gasteiger partial charge in [0.15, 0.2) is 18.9 Å². The van der Waals surface area contributed by atoms with E-state index < -0.39 is 90.9 Å². The molecule has 8 rings (SSSR count). The smallest absolute Gasteiger partial charge is 0.331 e. The van der Waals surface area contributed by atoms with E-state index in [9.17, 15) is 35.4 Å². The highest BCUT2D eigenvalue weighted by atomic mass is 16.7. The number of cyclic esters (lactones) is 1. The number of hydrogen-bond donors (Lipinski definition) is 6. The monoisotopic (exact) mass is 780 g/mol. The van der Waals surface area contributed by atoms with Gasteiger partial charge in [0.05, 0.1) is 54.4 Å². The molecule has 0 bridgehead atoms. The van der Waals surface area contributed by atoms with Crippen LogP contribution in [0.3, 0.4) is 0 Å². The molecule has 4 heterocycles. The molecule has 14 heteroatoms. The van der Waals surface area contributed by atoms with Crippen LogP contribution in [0.4, 0.5) is 0 Å². The van der Waals surface area contributed by atoms with Gasteiger partial charge < -0.3 is 63.8 Å². The fourth-order valence-electron chi connectivity index (χ4n) is 12.9. The normalized spacial score (nSPS) is 55.5. The minimum absolute atomic E-state index is 0.0203. The van der Waals surface area contributed by atoms with Gasteiger partial charge in [-0.05, 0) is 94.5 Å². The summed E-state index contributed by atoms with van der Waals surface area (Å²) in [7, 11) is 0. The second-order valence-electron chi connectivity index (χ2n) is 18.9. The van der Waals surface area contributed by atoms with E-state index in [4.69, 9.17) is 33.2 Å². The first kappa shape index (κ1) is 40.5. The van der Waals surface area contributed by atoms with Crippen LogP contribution in [-0.2, 0) is 38.0 Å². The Morgan fingerprint density at radius 1 is 0.691 bits per heavy atom. The van der Waals surface area contributed by atoms with Gasteiger partial charge in [0.2, 0.25) is 0 Å². The van der Waals surface area contributed by atoms with Gasteiger partial charge in [-0.2, -0.15) is 0 Å². The van der Waals surface area contributed by atoms with Crippen LogP contribution < -0.4 is 0 Å². The van der Waals surface area contributed by atoms with Crippen molar-refractivity contribution in [2.24, 2.45) is 34.5 Å². The second-order valence-corrected chi connectivity index (χ2v) is 18.9. The van der Waals surface area contributed by atoms with Crippen LogP contribution in [0.25, 0.3) is 0 Å². The number of esters is 1. The molecule has 0 unspecified atom stereocenters. The van der Waals surface area contributed by atoms with E-state index in [0.717, 1.165) is 50.5 Å². The van der Waals surface area contributed by atoms with Crippen molar-refractivity contribution in [3.05, 3.63) is 11.6 Å². The Kier molecular flexibility index (Phi) is 11.1. The third-order valence-corrected chi connectivity index (χ3v) is 15.8. The molecule has 55 heavy (non-hydrogen) atoms. The molecule has 4 aliphatic carbocycles. The van der Waals surface area contributed by atoms with Crippen molar-refractivity contribution in [1.29, 1.82) is 0 Å². The van der Waals surface area contributed by atoms with Crippen LogP contribution in [0.15, 0.2) is 11.6 Å². The Bertz CT molecular complexity index is 1410. The van der Waals surface area contributed by atoms with Crippen molar-refractivity contribution in [2.45, 2.75) is 197 Å². The average Bonchev–Trinajstić information content (AvgIpc) is 3.62. The molecule has 0 aromatic heterocycles. The number of carbonyl (C=O) groups excluding carboxylic acids is 1. The summed E-state index contributed by atoms with van der Waals surface area (Å²) in [5.74, 6) is 0.174. The van der Waals surface area contributed by atoms with Crippen LogP contribution in [-0.4, -0.2) is 135 Å². The topological polar surface area (TPSA) is 203 Å². The molecule has 3 saturated heterocycles. The molecule has 8 aliphatic rings. The van der Waals surface area contributed by atoms with Gasteiger partial charge >= 0.3 is 5.97 Å². The minimum Gasteiger partial charge on any atom is -0.458 e. The first-order valence-electron chi connectivity index (χ1n) is 20.9. The van der Waals surface area contributed by atoms with E-state index in [1.165, 1.54) is 6.08 Å². The van der Waals surface area contributed by atoms with Crippen LogP contribution in [0.5, 0.6) is 0 Å². The van der Waals surface area contributed by atoms with Gasteiger partial charge in [-0.15, -0.1) is 0 Å². The summed E-state index contributed by atoms with van der Waals surface area (Å²) in [6.45, 7) is 9.98. The van der Waals surface area contributed by atoms with E-state index in [1.54, 1.807) is 13.8 Å². The second kappa shape index (κ2) is 15.1. The first-order valence-corrected chi connectivity index (χ1v) is 20.9. The average molecular weight is 781 g/mol. The third kappa shape index (κ3) is 7.05. The van der Waals surface area contributed by atoms with Gasteiger partial charge in [0.25, 0.3) is 0 Å². The lowest BCUT2D eigenvalue weighted by Gasteiger charge is -2.63. The zero-order valence-electron chi connectivity index (χ0n) is 32.9. The van der Waals surface area contributed by atoms with E-state index in [-0.39, 0.29) is 55.2 Å². The Morgan fingerprint density at radius 2 is 1.29 bits per heavy atom. The number of ether oxygens (including phenoxy) is 7. The molecule has 7 fully saturated rings. The summed E-state index contributed by atoms with van der Waals surface area (Å²) < 4.78 is 42.1. The van der Waals surface area contributed by atoms with Crippen molar-refractivity contribution in [1.82, 2.24) is 0 Å². The Labute approximate surface area is 323 Å². The Hall–Kier alpha value is -1.27. The maximum atomic E-state index is 12.6. The number of aliphatic hydroxyl groups is 6. The number of carbonyl (C=O) groups is 1. The number of hydrogen-bond acceptors (Lipinski definition) is 14. The highest BCUT2D eigenvalue weighted by Crippen LogP contribution is 2.70. The molecule has 0 aromatic carbocycles. The molecule has 4 saturated carbocycles. The molecule has 0 spiro atoms. The largest absolute Gasteiger partial charge is 0.458 e. The summed E-state index contributed by atoms with van der Waals surface area (Å²) in [5.41, 5.74) is -0.686. The molecule has 0 aromatic rings. The standard InChI is InChI=1S/C41H64O14/c1-19-36(47)27(42)14-33(50-19)54-38-21(3)52-34(16-29(38)44)55-37-20(2)51-32(15-28(37)43)53-24-8-10-39(4)23(13-24)6-7-26-25(39)9-11-40(5)35(22-12-31(46)49-18-22)30(45)17-41(26,40)48/h12,19-21,23-30,32-38,42-45,47-48H,6-11,13-18H2,1-5H3/t19-,20+,21+,23+,24+,25-,26+,27+,28+,29+,30+,32-,33+,34-,35+,36-,37-,38-,39+,40+,41+/m0/s1. The minimum atomic E-state index is -1.01. The van der Waals surface area contributed by atoms with Crippen molar-refractivity contribution >= 4 is 5.97 Å². The van der Waals surface area contributed by atoms with Gasteiger partial charge in [-0.1, -0.05) is 13.8 Å². The zero-order chi connectivity index (χ0) is 39.2. The highest BCUT2D eigenvalue weighted by molar-refractivity contribution is 5.85. The molecule has 6 N–H and O–H groups in total. The number of rotatable bonds is 7. The lowest BCUT2D eigenvalue weighted by atomic mass is 9.43. The Balaban J connectivity index is 0.834. The van der Waals surface area contributed by atoms with Crippen molar-refractivity contribution < 1.29 is 68.6 Å². The highest BCUT2D eigenvalue weighted by Gasteiger charge is 2.70. The zero-order valence-corrected chi connectivity index (χ0v) is 32.9. The van der Waals surface area contributed by atoms with Crippen molar-refractivity contribution in [3.8, 4) is 0 Å². The van der Waals surface area contributed by atoms with Gasteiger partial charge in [-0.3, -0.25) is 0 Å². The van der Waals surface area contributed by atoms with Crippen LogP contribution in [0.1, 0.15) is 105 Å². The summed E-state index contributed by atoms with van der Waals surface area (Å²) in [6.07, 6.45) is -1.26. The molecule has 0 amide bonds. The molecule has 0 radical (unpaired) electrons. The van der Waals surface area contributed by atoms with Crippen LogP contribution >= 0.6 is 0 Å². The predicted octanol–water partition coefficient (Wildman–Crippen LogP) is 2.22. The SMILES string of the molecule is C[C@@H]1O[C@H](O[C@@H]2[C@H](O)C[C@H](O[C@@H]3[C@H](O)C[C@H](O[C@@H]4CC[C@]5(C)[C@H](CC[C@@H]6[C@@H]5CC[C@]5(C)[C@H](C7=CC(=O)OC7)[C@H](O)C[C@@]65O)C4)O[C@@H]3C)O[C@@H]2C)C[C@@H](O)[C@H]1O. The Morgan fingerprint density at radius 3 is 1.87 bits per heavy atom. The lowest BCUT2D eigenvalue weighted by Crippen LogP contribution is -2.62. The molecular formula is C41H64O14. The van der Waals surface area contributed by atoms with Crippen LogP contribution in [0.2, 0.25) is 0 Å². The van der Waals surface area contributed by atoms with Crippen molar-refractivity contribution in [2.75, 3.05) is 6.61 Å². The number of aliphatic hydroxyl groups excluding tert-OH is 5. The first-order chi connectivity index (χ1) is 26.0. The van der Waals surface area contributed by atoms with Gasteiger partial charge in [0.1, 0.15) is 24.9 Å². The van der Waals surface area contributed by atoms with E-state index in [1.807, 2.05) is 6.92 Å². The fourth-order valence-corrected chi connectivity index (χ4v) is 12.9. The maximum absolute atomic E-state index is 12.6. The summed E-state index contributed by atoms with van der Waals surface area (Å²) in [6, 6.07) is 0. The van der Waals surface area contributed by atoms with Gasteiger partial charge in [-0.25, -0.2) is 4.79 Å². The summed E-state index contributed by atoms with van der Waals surface area (Å²) in [4.78, 5) is 12.0. The van der Waals surface area contributed by atoms with E-state index >= 15 is 0 Å². The molecule has 312 valence electrons. The summed E-state index contributed by atoms with van der Waals surface area (Å²) in [5, 5.41) is 66.3. The third-order valence-electron chi connectivity index (χ3n) is 15.8. The predicted molar refractivity (Wildman–Crippen MR) is 193 cm³/mol. The molecule has 21 atom stereocenters. The molecule has 4 aliphatic heterocycles. The van der Waals surface area contributed by atoms with E-state index in [2.05, 4.69) is 13.8 Å². The van der Waals surface area contributed by atoms with Crippen LogP contribution in [0, 0.1) is 34.5 Å². The summed E-state index contributed by atoms with van der Waals surface area (Å²) >= 11 is 0. The van der Waals surface area contributed by atoms with Crippen molar-refractivity contribution in [3.63, 3.8) is 0 Å². The number of fused-ring (bicyclic) bond motifs is 5. The van der Waals surface area contributed by atoms with E-state index in [0.29, 0.717) is 18.3 Å². The molecular weight excluding hydrogens is 716 g/mol. The molecule has 14 nitrogen and oxygen atoms in total. The fraction of sp³-hybridized carbons (Fsp3) is 0.927.